The average molecular weight is 926 g/mol. The summed E-state index contributed by atoms with van der Waals surface area (Å²) in [7, 11) is 0. The van der Waals surface area contributed by atoms with Gasteiger partial charge in [-0.15, -0.1) is 0 Å². The Morgan fingerprint density at radius 3 is 1.48 bits per heavy atom. The van der Waals surface area contributed by atoms with Crippen LogP contribution in [0.15, 0.2) is 60.7 Å². The smallest absolute Gasteiger partial charge is 0.325 e. The van der Waals surface area contributed by atoms with Crippen molar-refractivity contribution in [3.05, 3.63) is 71.8 Å². The van der Waals surface area contributed by atoms with Gasteiger partial charge in [0, 0.05) is 13.0 Å². The highest BCUT2D eigenvalue weighted by Crippen LogP contribution is 2.20. The van der Waals surface area contributed by atoms with Crippen LogP contribution in [-0.4, -0.2) is 159 Å². The average Bonchev–Trinajstić information content (AvgIpc) is 3.79. The highest BCUT2D eigenvalue weighted by molar-refractivity contribution is 5.98. The lowest BCUT2D eigenvalue weighted by Gasteiger charge is -2.30. The van der Waals surface area contributed by atoms with Crippen LogP contribution in [0.4, 0.5) is 0 Å². The zero-order chi connectivity index (χ0) is 49.1. The molecule has 1 aliphatic rings. The van der Waals surface area contributed by atoms with E-state index in [1.807, 2.05) is 13.8 Å². The third-order valence-electron chi connectivity index (χ3n) is 10.6. The lowest BCUT2D eigenvalue weighted by molar-refractivity contribution is -0.142. The molecule has 3 rings (SSSR count). The predicted octanol–water partition coefficient (Wildman–Crippen LogP) is -3.67. The summed E-state index contributed by atoms with van der Waals surface area (Å²) in [6, 6.07) is 5.35. The molecule has 13 N–H and O–H groups in total. The number of nitrogens with zero attached hydrogens (tertiary/aromatic N) is 1. The number of carbonyl (C=O) groups is 9. The number of carboxylic acids is 1. The van der Waals surface area contributed by atoms with Gasteiger partial charge >= 0.3 is 5.97 Å². The molecule has 0 saturated carbocycles. The summed E-state index contributed by atoms with van der Waals surface area (Å²) >= 11 is 0. The zero-order valence-electron chi connectivity index (χ0n) is 37.4. The maximum absolute atomic E-state index is 13.9. The molecule has 22 heteroatoms. The molecule has 0 aliphatic carbocycles. The van der Waals surface area contributed by atoms with Crippen LogP contribution in [-0.2, 0) is 56.0 Å². The van der Waals surface area contributed by atoms with Crippen molar-refractivity contribution in [3.63, 3.8) is 0 Å². The van der Waals surface area contributed by atoms with Gasteiger partial charge in [-0.1, -0.05) is 74.5 Å². The van der Waals surface area contributed by atoms with E-state index in [1.165, 1.54) is 18.7 Å². The minimum Gasteiger partial charge on any atom is -0.480 e. The van der Waals surface area contributed by atoms with Crippen LogP contribution in [0.5, 0.6) is 0 Å². The number of aliphatic carboxylic acids is 1. The summed E-state index contributed by atoms with van der Waals surface area (Å²) in [5, 5.41) is 55.8. The number of nitrogens with one attached hydrogen (secondary N) is 7. The summed E-state index contributed by atoms with van der Waals surface area (Å²) in [6.07, 6.45) is 0.833. The molecule has 0 radical (unpaired) electrons. The molecule has 8 amide bonds. The van der Waals surface area contributed by atoms with Crippen molar-refractivity contribution in [2.75, 3.05) is 26.4 Å². The lowest BCUT2D eigenvalue weighted by atomic mass is 10.0. The molecule has 66 heavy (non-hydrogen) atoms. The van der Waals surface area contributed by atoms with Crippen LogP contribution >= 0.6 is 0 Å². The third kappa shape index (κ3) is 16.5. The van der Waals surface area contributed by atoms with Crippen LogP contribution in [0, 0.1) is 5.92 Å². The van der Waals surface area contributed by atoms with Crippen LogP contribution in [0.3, 0.4) is 0 Å². The summed E-state index contributed by atoms with van der Waals surface area (Å²) < 4.78 is 0. The standard InChI is InChI=1S/C44H63N9O13/c1-24(2)18-30(37(58)47-26(4)44(65)66)48-38(59)31(20-28-14-9-6-10-15-28)49-42(63)35-16-11-17-53(35)43(64)25(3)46-39(60)32(21-54)51-41(62)34(23-56)52-40(61)33(22-55)50-36(57)29(45)19-27-12-7-5-8-13-27/h5-10,12-15,24-26,29-35,54-56H,11,16-23,45H2,1-4H3,(H,46,60)(H,47,58)(H,48,59)(H,49,63)(H,50,57)(H,51,62)(H,52,61)(H,65,66)/t25-,26-,29-,30-,31-,32-,33-,34-,35-/m0/s1. The number of nitrogens with two attached hydrogens (primary N) is 1. The number of rotatable bonds is 25. The first kappa shape index (κ1) is 53.8. The summed E-state index contributed by atoms with van der Waals surface area (Å²) in [6.45, 7) is 3.42. The second-order valence-corrected chi connectivity index (χ2v) is 16.5. The Hall–Kier alpha value is -6.49. The van der Waals surface area contributed by atoms with Gasteiger partial charge in [0.15, 0.2) is 0 Å². The normalized spacial score (nSPS) is 17.0. The SMILES string of the molecule is CC(C)C[C@H](NC(=O)[C@H](Cc1ccccc1)NC(=O)[C@@H]1CCCN1C(=O)[C@H](C)NC(=O)[C@H](CO)NC(=O)[C@H](CO)NC(=O)[C@H](CO)NC(=O)[C@@H](N)Cc1ccccc1)C(=O)N[C@@H](C)C(=O)O. The van der Waals surface area contributed by atoms with Crippen molar-refractivity contribution < 1.29 is 63.6 Å². The number of aliphatic hydroxyl groups is 3. The monoisotopic (exact) mass is 925 g/mol. The fraction of sp³-hybridized carbons (Fsp3) is 0.523. The van der Waals surface area contributed by atoms with Crippen LogP contribution < -0.4 is 43.0 Å². The number of aliphatic hydroxyl groups excluding tert-OH is 3. The van der Waals surface area contributed by atoms with Crippen molar-refractivity contribution in [1.82, 2.24) is 42.1 Å². The number of likely N-dealkylation sites (tertiary alicyclic amines) is 1. The number of carbonyl (C=O) groups excluding carboxylic acids is 8. The topological polar surface area (TPSA) is 348 Å². The quantitative estimate of drug-likeness (QED) is 0.0457. The molecule has 2 aromatic carbocycles. The van der Waals surface area contributed by atoms with Gasteiger partial charge in [0.1, 0.15) is 48.3 Å². The van der Waals surface area contributed by atoms with Crippen LogP contribution in [0.1, 0.15) is 58.1 Å². The molecule has 362 valence electrons. The first-order valence-electron chi connectivity index (χ1n) is 21.6. The molecule has 0 aromatic heterocycles. The largest absolute Gasteiger partial charge is 0.480 e. The summed E-state index contributed by atoms with van der Waals surface area (Å²) in [4.78, 5) is 119. The number of amides is 8. The Bertz CT molecular complexity index is 1990. The lowest BCUT2D eigenvalue weighted by Crippen LogP contribution is -2.61. The molecule has 2 aromatic rings. The molecule has 0 unspecified atom stereocenters. The Kier molecular flexibility index (Phi) is 21.6. The Morgan fingerprint density at radius 2 is 1.00 bits per heavy atom. The fourth-order valence-electron chi connectivity index (χ4n) is 6.97. The molecule has 0 bridgehead atoms. The van der Waals surface area contributed by atoms with Gasteiger partial charge in [0.25, 0.3) is 0 Å². The van der Waals surface area contributed by atoms with Gasteiger partial charge in [-0.3, -0.25) is 43.2 Å². The van der Waals surface area contributed by atoms with E-state index in [-0.39, 0.29) is 38.1 Å². The Balaban J connectivity index is 1.65. The van der Waals surface area contributed by atoms with Crippen LogP contribution in [0.2, 0.25) is 0 Å². The highest BCUT2D eigenvalue weighted by atomic mass is 16.4. The second kappa shape index (κ2) is 26.5. The maximum Gasteiger partial charge on any atom is 0.325 e. The van der Waals surface area contributed by atoms with Crippen molar-refractivity contribution in [2.45, 2.75) is 114 Å². The van der Waals surface area contributed by atoms with E-state index in [4.69, 9.17) is 5.73 Å². The number of hydrogen-bond donors (Lipinski definition) is 12. The molecule has 0 spiro atoms. The molecular weight excluding hydrogens is 863 g/mol. The predicted molar refractivity (Wildman–Crippen MR) is 236 cm³/mol. The van der Waals surface area contributed by atoms with E-state index < -0.39 is 127 Å². The zero-order valence-corrected chi connectivity index (χ0v) is 37.4. The summed E-state index contributed by atoms with van der Waals surface area (Å²) in [5.41, 5.74) is 7.37. The first-order valence-corrected chi connectivity index (χ1v) is 21.6. The molecular formula is C44H63N9O13. The van der Waals surface area contributed by atoms with Gasteiger partial charge in [-0.05, 0) is 56.6 Å². The summed E-state index contributed by atoms with van der Waals surface area (Å²) in [5.74, 6) is -8.26. The van der Waals surface area contributed by atoms with Gasteiger partial charge < -0.3 is 68.3 Å². The van der Waals surface area contributed by atoms with Crippen molar-refractivity contribution in [2.24, 2.45) is 11.7 Å². The number of carboxylic acid groups (broad SMARTS) is 1. The molecule has 1 heterocycles. The van der Waals surface area contributed by atoms with E-state index in [9.17, 15) is 63.6 Å². The molecule has 1 fully saturated rings. The van der Waals surface area contributed by atoms with Crippen molar-refractivity contribution in [1.29, 1.82) is 0 Å². The number of benzene rings is 2. The molecule has 22 nitrogen and oxygen atoms in total. The van der Waals surface area contributed by atoms with E-state index in [0.717, 1.165) is 5.56 Å². The van der Waals surface area contributed by atoms with E-state index >= 15 is 0 Å². The van der Waals surface area contributed by atoms with E-state index in [1.54, 1.807) is 60.7 Å². The van der Waals surface area contributed by atoms with Gasteiger partial charge in [-0.25, -0.2) is 0 Å². The van der Waals surface area contributed by atoms with Crippen molar-refractivity contribution >= 4 is 53.2 Å². The maximum atomic E-state index is 13.9. The van der Waals surface area contributed by atoms with Crippen molar-refractivity contribution in [3.8, 4) is 0 Å². The number of hydrogen-bond acceptors (Lipinski definition) is 13. The van der Waals surface area contributed by atoms with Gasteiger partial charge in [-0.2, -0.15) is 0 Å². The minimum atomic E-state index is -1.72. The first-order chi connectivity index (χ1) is 31.3. The van der Waals surface area contributed by atoms with E-state index in [2.05, 4.69) is 37.2 Å². The Morgan fingerprint density at radius 1 is 0.576 bits per heavy atom. The highest BCUT2D eigenvalue weighted by Gasteiger charge is 2.39. The Labute approximate surface area is 382 Å². The fourth-order valence-corrected chi connectivity index (χ4v) is 6.97. The molecule has 1 aliphatic heterocycles. The van der Waals surface area contributed by atoms with Gasteiger partial charge in [0.05, 0.1) is 25.9 Å². The molecule has 9 atom stereocenters. The van der Waals surface area contributed by atoms with E-state index in [0.29, 0.717) is 12.0 Å². The third-order valence-corrected chi connectivity index (χ3v) is 10.6. The van der Waals surface area contributed by atoms with Crippen LogP contribution in [0.25, 0.3) is 0 Å². The second-order valence-electron chi connectivity index (χ2n) is 16.5. The van der Waals surface area contributed by atoms with Gasteiger partial charge in [0.2, 0.25) is 47.3 Å². The minimum absolute atomic E-state index is 0.00928. The molecule has 1 saturated heterocycles.